The van der Waals surface area contributed by atoms with Crippen LogP contribution in [0, 0.1) is 0 Å². The van der Waals surface area contributed by atoms with Gasteiger partial charge in [0.25, 0.3) is 0 Å². The largest absolute Gasteiger partial charge is 0.462 e. The van der Waals surface area contributed by atoms with Crippen molar-refractivity contribution in [2.75, 3.05) is 6.61 Å². The molecule has 0 saturated heterocycles. The summed E-state index contributed by atoms with van der Waals surface area (Å²) >= 11 is 0. The highest BCUT2D eigenvalue weighted by Gasteiger charge is 2.33. The van der Waals surface area contributed by atoms with E-state index in [9.17, 15) is 19.2 Å². The van der Waals surface area contributed by atoms with Gasteiger partial charge in [-0.1, -0.05) is 60.7 Å². The first-order valence-electron chi connectivity index (χ1n) is 10.2. The third kappa shape index (κ3) is 3.69. The van der Waals surface area contributed by atoms with E-state index < -0.39 is 11.6 Å². The minimum atomic E-state index is -0.473. The van der Waals surface area contributed by atoms with Crippen molar-refractivity contribution in [2.45, 2.75) is 13.8 Å². The van der Waals surface area contributed by atoms with E-state index in [4.69, 9.17) is 4.74 Å². The van der Waals surface area contributed by atoms with E-state index in [1.54, 1.807) is 79.7 Å². The first-order valence-corrected chi connectivity index (χ1v) is 10.2. The fraction of sp³-hybridized carbons (Fsp3) is 0.111. The van der Waals surface area contributed by atoms with Gasteiger partial charge in [-0.2, -0.15) is 0 Å². The molecule has 0 aromatic heterocycles. The summed E-state index contributed by atoms with van der Waals surface area (Å²) < 4.78 is 4.99. The topological polar surface area (TPSA) is 77.5 Å². The predicted octanol–water partition coefficient (Wildman–Crippen LogP) is 5.11. The Bertz CT molecular complexity index is 1280. The van der Waals surface area contributed by atoms with Crippen LogP contribution in [0.1, 0.15) is 55.3 Å². The van der Waals surface area contributed by atoms with Gasteiger partial charge in [-0.15, -0.1) is 0 Å². The summed E-state index contributed by atoms with van der Waals surface area (Å²) in [7, 11) is 0. The van der Waals surface area contributed by atoms with E-state index in [0.717, 1.165) is 11.1 Å². The van der Waals surface area contributed by atoms with E-state index in [1.807, 2.05) is 0 Å². The highest BCUT2D eigenvalue weighted by Crippen LogP contribution is 2.29. The van der Waals surface area contributed by atoms with E-state index in [0.29, 0.717) is 23.3 Å². The average Bonchev–Trinajstić information content (AvgIpc) is 2.83. The van der Waals surface area contributed by atoms with Gasteiger partial charge in [0.05, 0.1) is 17.7 Å². The van der Waals surface area contributed by atoms with Gasteiger partial charge in [0.2, 0.25) is 0 Å². The van der Waals surface area contributed by atoms with Crippen LogP contribution in [0.4, 0.5) is 0 Å². The van der Waals surface area contributed by atoms with Gasteiger partial charge in [0.15, 0.2) is 17.3 Å². The molecule has 0 saturated carbocycles. The molecule has 32 heavy (non-hydrogen) atoms. The molecule has 0 radical (unpaired) electrons. The van der Waals surface area contributed by atoms with Gasteiger partial charge < -0.3 is 4.74 Å². The Morgan fingerprint density at radius 2 is 1.22 bits per heavy atom. The molecule has 0 N–H and O–H groups in total. The summed E-state index contributed by atoms with van der Waals surface area (Å²) in [6.45, 7) is 3.58. The maximum atomic E-state index is 13.1. The lowest BCUT2D eigenvalue weighted by atomic mass is 9.81. The van der Waals surface area contributed by atoms with Crippen molar-refractivity contribution in [3.8, 4) is 11.1 Å². The Hall–Kier alpha value is -4.12. The number of ether oxygens (including phenoxy) is 1. The van der Waals surface area contributed by atoms with Crippen LogP contribution in [-0.2, 0) is 4.74 Å². The molecule has 3 aromatic rings. The Morgan fingerprint density at radius 3 is 1.75 bits per heavy atom. The predicted molar refractivity (Wildman–Crippen MR) is 120 cm³/mol. The van der Waals surface area contributed by atoms with Crippen molar-refractivity contribution in [1.29, 1.82) is 0 Å². The lowest BCUT2D eigenvalue weighted by Gasteiger charge is -2.18. The monoisotopic (exact) mass is 424 g/mol. The summed E-state index contributed by atoms with van der Waals surface area (Å²) in [4.78, 5) is 50.5. The quantitative estimate of drug-likeness (QED) is 0.323. The number of esters is 1. The van der Waals surface area contributed by atoms with Crippen molar-refractivity contribution < 1.29 is 23.9 Å². The van der Waals surface area contributed by atoms with Crippen LogP contribution in [0.5, 0.6) is 0 Å². The molecular formula is C27H20O5. The third-order valence-corrected chi connectivity index (χ3v) is 5.46. The van der Waals surface area contributed by atoms with Gasteiger partial charge in [0, 0.05) is 22.3 Å². The molecule has 5 nitrogen and oxygen atoms in total. The molecule has 1 aliphatic rings. The number of ketones is 3. The molecule has 0 aliphatic heterocycles. The number of carbonyl (C=O) groups is 4. The molecule has 0 unspecified atom stereocenters. The Kier molecular flexibility index (Phi) is 5.65. The lowest BCUT2D eigenvalue weighted by Crippen LogP contribution is -2.25. The van der Waals surface area contributed by atoms with Crippen LogP contribution in [0.15, 0.2) is 83.9 Å². The van der Waals surface area contributed by atoms with Crippen molar-refractivity contribution in [3.05, 3.63) is 106 Å². The molecule has 5 heteroatoms. The van der Waals surface area contributed by atoms with Crippen LogP contribution in [-0.4, -0.2) is 29.9 Å². The van der Waals surface area contributed by atoms with Crippen molar-refractivity contribution in [2.24, 2.45) is 0 Å². The first-order chi connectivity index (χ1) is 15.4. The molecule has 3 aromatic carbocycles. The number of hydrogen-bond acceptors (Lipinski definition) is 5. The van der Waals surface area contributed by atoms with E-state index in [2.05, 4.69) is 0 Å². The second-order valence-corrected chi connectivity index (χ2v) is 7.41. The highest BCUT2D eigenvalue weighted by molar-refractivity contribution is 6.39. The molecular weight excluding hydrogens is 404 g/mol. The number of Topliss-reactive ketones (excluding diaryl/α,β-unsaturated/α-hetero) is 3. The zero-order valence-corrected chi connectivity index (χ0v) is 17.7. The number of allylic oxidation sites excluding steroid dienone is 2. The van der Waals surface area contributed by atoms with Gasteiger partial charge >= 0.3 is 5.97 Å². The number of benzene rings is 3. The zero-order chi connectivity index (χ0) is 22.8. The number of hydrogen-bond donors (Lipinski definition) is 0. The fourth-order valence-electron chi connectivity index (χ4n) is 3.74. The Morgan fingerprint density at radius 1 is 0.719 bits per heavy atom. The highest BCUT2D eigenvalue weighted by atomic mass is 16.5. The normalized spacial score (nSPS) is 13.1. The summed E-state index contributed by atoms with van der Waals surface area (Å²) in [6, 6.07) is 20.3. The van der Waals surface area contributed by atoms with Gasteiger partial charge in [-0.25, -0.2) is 4.79 Å². The molecule has 0 spiro atoms. The van der Waals surface area contributed by atoms with E-state index >= 15 is 0 Å². The molecule has 4 rings (SSSR count). The number of rotatable bonds is 5. The Balaban J connectivity index is 1.60. The first kappa shape index (κ1) is 21.1. The van der Waals surface area contributed by atoms with Crippen LogP contribution in [0.2, 0.25) is 0 Å². The van der Waals surface area contributed by atoms with Crippen molar-refractivity contribution in [3.63, 3.8) is 0 Å². The molecule has 0 bridgehead atoms. The lowest BCUT2D eigenvalue weighted by molar-refractivity contribution is 0.0526. The standard InChI is InChI=1S/C27H20O5/c1-3-32-27(31)20-14-10-18(11-15-20)17-8-12-19(13-9-17)25(29)23-16(2)24(28)21-6-4-5-7-22(21)26(23)30/h4-15H,3H2,1-2H3. The molecule has 0 atom stereocenters. The molecule has 1 aliphatic carbocycles. The summed E-state index contributed by atoms with van der Waals surface area (Å²) in [6.07, 6.45) is 0. The van der Waals surface area contributed by atoms with E-state index in [1.165, 1.54) is 6.92 Å². The van der Waals surface area contributed by atoms with Gasteiger partial charge in [-0.05, 0) is 37.1 Å². The maximum absolute atomic E-state index is 13.1. The minimum Gasteiger partial charge on any atom is -0.462 e. The zero-order valence-electron chi connectivity index (χ0n) is 17.7. The van der Waals surface area contributed by atoms with Crippen LogP contribution < -0.4 is 0 Å². The van der Waals surface area contributed by atoms with Crippen LogP contribution in [0.3, 0.4) is 0 Å². The molecule has 0 fully saturated rings. The van der Waals surface area contributed by atoms with Gasteiger partial charge in [-0.3, -0.25) is 14.4 Å². The molecule has 158 valence electrons. The average molecular weight is 424 g/mol. The molecule has 0 heterocycles. The smallest absolute Gasteiger partial charge is 0.338 e. The number of carbonyl (C=O) groups excluding carboxylic acids is 4. The fourth-order valence-corrected chi connectivity index (χ4v) is 3.74. The maximum Gasteiger partial charge on any atom is 0.338 e. The number of fused-ring (bicyclic) bond motifs is 1. The second kappa shape index (κ2) is 8.55. The summed E-state index contributed by atoms with van der Waals surface area (Å²) in [5, 5.41) is 0. The molecule has 0 amide bonds. The van der Waals surface area contributed by atoms with Crippen molar-refractivity contribution in [1.82, 2.24) is 0 Å². The Labute approximate surface area is 185 Å². The third-order valence-electron chi connectivity index (χ3n) is 5.46. The van der Waals surface area contributed by atoms with Gasteiger partial charge in [0.1, 0.15) is 0 Å². The SMILES string of the molecule is CCOC(=O)c1ccc(-c2ccc(C(=O)C3=C(C)C(=O)c4ccccc4C3=O)cc2)cc1. The van der Waals surface area contributed by atoms with Crippen LogP contribution in [0.25, 0.3) is 11.1 Å². The summed E-state index contributed by atoms with van der Waals surface area (Å²) in [5.41, 5.74) is 3.16. The van der Waals surface area contributed by atoms with Crippen molar-refractivity contribution >= 4 is 23.3 Å². The second-order valence-electron chi connectivity index (χ2n) is 7.41. The van der Waals surface area contributed by atoms with E-state index in [-0.39, 0.29) is 28.5 Å². The van der Waals surface area contributed by atoms with Crippen LogP contribution >= 0.6 is 0 Å². The minimum absolute atomic E-state index is 0.0831. The summed E-state index contributed by atoms with van der Waals surface area (Å²) in [5.74, 6) is -1.58.